The molecule has 0 saturated heterocycles. The highest BCUT2D eigenvalue weighted by atomic mass is 16.3. The second kappa shape index (κ2) is 3.99. The Balaban J connectivity index is 1.68. The van der Waals surface area contributed by atoms with Gasteiger partial charge < -0.3 is 10.8 Å². The van der Waals surface area contributed by atoms with Gasteiger partial charge in [0.25, 0.3) is 0 Å². The Morgan fingerprint density at radius 3 is 2.16 bits per heavy atom. The summed E-state index contributed by atoms with van der Waals surface area (Å²) < 4.78 is 0. The van der Waals surface area contributed by atoms with Gasteiger partial charge in [-0.05, 0) is 74.0 Å². The van der Waals surface area contributed by atoms with Crippen LogP contribution in [0.2, 0.25) is 0 Å². The molecule has 4 fully saturated rings. The highest BCUT2D eigenvalue weighted by Crippen LogP contribution is 2.64. The summed E-state index contributed by atoms with van der Waals surface area (Å²) in [5.41, 5.74) is 7.83. The van der Waals surface area contributed by atoms with E-state index in [4.69, 9.17) is 5.73 Å². The number of benzene rings is 1. The molecular formula is C17H23NO. The third-order valence-electron chi connectivity index (χ3n) is 5.89. The van der Waals surface area contributed by atoms with Gasteiger partial charge in [-0.25, -0.2) is 0 Å². The van der Waals surface area contributed by atoms with Gasteiger partial charge in [0.15, 0.2) is 0 Å². The van der Waals surface area contributed by atoms with Crippen molar-refractivity contribution < 1.29 is 5.11 Å². The molecule has 1 aromatic rings. The Morgan fingerprint density at radius 1 is 1.05 bits per heavy atom. The van der Waals surface area contributed by atoms with E-state index in [1.54, 1.807) is 0 Å². The van der Waals surface area contributed by atoms with Gasteiger partial charge in [-0.1, -0.05) is 12.1 Å². The summed E-state index contributed by atoms with van der Waals surface area (Å²) >= 11 is 0. The first-order valence-electron chi connectivity index (χ1n) is 7.68. The Labute approximate surface area is 115 Å². The zero-order valence-corrected chi connectivity index (χ0v) is 11.4. The molecule has 4 aliphatic rings. The molecule has 2 nitrogen and oxygen atoms in total. The fourth-order valence-electron chi connectivity index (χ4n) is 5.60. The summed E-state index contributed by atoms with van der Waals surface area (Å²) in [6.07, 6.45) is 7.64. The number of rotatable bonds is 2. The molecule has 0 amide bonds. The second-order valence-corrected chi connectivity index (χ2v) is 7.35. The lowest BCUT2D eigenvalue weighted by Gasteiger charge is -2.58. The monoisotopic (exact) mass is 257 g/mol. The number of anilines is 1. The van der Waals surface area contributed by atoms with E-state index in [1.807, 2.05) is 24.3 Å². The fraction of sp³-hybridized carbons (Fsp3) is 0.647. The van der Waals surface area contributed by atoms with Crippen molar-refractivity contribution in [1.82, 2.24) is 0 Å². The van der Waals surface area contributed by atoms with Crippen molar-refractivity contribution in [3.63, 3.8) is 0 Å². The minimum Gasteiger partial charge on any atom is -0.399 e. The highest BCUT2D eigenvalue weighted by molar-refractivity contribution is 5.42. The van der Waals surface area contributed by atoms with Crippen LogP contribution in [0, 0.1) is 23.2 Å². The molecular weight excluding hydrogens is 234 g/mol. The van der Waals surface area contributed by atoms with E-state index in [0.29, 0.717) is 0 Å². The van der Waals surface area contributed by atoms with Crippen molar-refractivity contribution in [3.8, 4) is 0 Å². The van der Waals surface area contributed by atoms with Crippen LogP contribution in [0.3, 0.4) is 0 Å². The van der Waals surface area contributed by atoms with E-state index < -0.39 is 0 Å². The molecule has 0 aliphatic heterocycles. The number of nitrogens with two attached hydrogens (primary N) is 1. The Bertz CT molecular complexity index is 461. The first-order chi connectivity index (χ1) is 9.14. The Hall–Kier alpha value is -1.02. The zero-order valence-electron chi connectivity index (χ0n) is 11.4. The van der Waals surface area contributed by atoms with Crippen LogP contribution in [0.15, 0.2) is 24.3 Å². The maximum Gasteiger partial charge on any atom is 0.0847 e. The maximum absolute atomic E-state index is 11.0. The second-order valence-electron chi connectivity index (χ2n) is 7.35. The lowest BCUT2D eigenvalue weighted by Crippen LogP contribution is -2.48. The first-order valence-corrected chi connectivity index (χ1v) is 7.68. The van der Waals surface area contributed by atoms with Gasteiger partial charge in [-0.3, -0.25) is 0 Å². The predicted molar refractivity (Wildman–Crippen MR) is 76.4 cm³/mol. The van der Waals surface area contributed by atoms with E-state index in [-0.39, 0.29) is 11.5 Å². The molecule has 0 aromatic heterocycles. The van der Waals surface area contributed by atoms with Crippen LogP contribution in [0.1, 0.15) is 50.2 Å². The molecule has 4 aliphatic carbocycles. The summed E-state index contributed by atoms with van der Waals surface area (Å²) in [4.78, 5) is 0. The topological polar surface area (TPSA) is 46.2 Å². The zero-order chi connectivity index (χ0) is 13.0. The molecule has 4 saturated carbocycles. The van der Waals surface area contributed by atoms with Gasteiger partial charge >= 0.3 is 0 Å². The van der Waals surface area contributed by atoms with Crippen LogP contribution >= 0.6 is 0 Å². The normalized spacial score (nSPS) is 41.4. The number of aliphatic hydroxyl groups excluding tert-OH is 1. The molecule has 1 aromatic carbocycles. The average molecular weight is 257 g/mol. The number of aliphatic hydroxyl groups is 1. The fourth-order valence-corrected chi connectivity index (χ4v) is 5.60. The smallest absolute Gasteiger partial charge is 0.0847 e. The van der Waals surface area contributed by atoms with Crippen molar-refractivity contribution in [2.45, 2.75) is 44.6 Å². The minimum atomic E-state index is -0.315. The first kappa shape index (κ1) is 11.8. The minimum absolute atomic E-state index is 0.155. The molecule has 3 N–H and O–H groups in total. The lowest BCUT2D eigenvalue weighted by atomic mass is 9.47. The Morgan fingerprint density at radius 2 is 1.63 bits per heavy atom. The summed E-state index contributed by atoms with van der Waals surface area (Å²) in [7, 11) is 0. The molecule has 1 unspecified atom stereocenters. The van der Waals surface area contributed by atoms with E-state index in [2.05, 4.69) is 0 Å². The van der Waals surface area contributed by atoms with Crippen LogP contribution in [-0.2, 0) is 0 Å². The maximum atomic E-state index is 11.0. The largest absolute Gasteiger partial charge is 0.399 e. The van der Waals surface area contributed by atoms with Crippen molar-refractivity contribution in [2.24, 2.45) is 23.2 Å². The third kappa shape index (κ3) is 1.80. The number of hydrogen-bond acceptors (Lipinski definition) is 2. The lowest BCUT2D eigenvalue weighted by molar-refractivity contribution is -0.122. The summed E-state index contributed by atoms with van der Waals surface area (Å²) in [6, 6.07) is 7.87. The number of hydrogen-bond donors (Lipinski definition) is 2. The Kier molecular flexibility index (Phi) is 2.47. The molecule has 0 radical (unpaired) electrons. The summed E-state index contributed by atoms with van der Waals surface area (Å²) in [5, 5.41) is 11.0. The molecule has 102 valence electrons. The molecule has 5 rings (SSSR count). The van der Waals surface area contributed by atoms with Gasteiger partial charge in [0, 0.05) is 11.1 Å². The van der Waals surface area contributed by atoms with E-state index in [9.17, 15) is 5.11 Å². The quantitative estimate of drug-likeness (QED) is 0.796. The van der Waals surface area contributed by atoms with Gasteiger partial charge in [0.1, 0.15) is 0 Å². The SMILES string of the molecule is Nc1cccc(C(O)C23CC4CC(CC(C4)C2)C3)c1. The molecule has 2 heteroatoms. The predicted octanol–water partition coefficient (Wildman–Crippen LogP) is 3.52. The van der Waals surface area contributed by atoms with Crippen molar-refractivity contribution in [2.75, 3.05) is 5.73 Å². The van der Waals surface area contributed by atoms with Gasteiger partial charge in [0.2, 0.25) is 0 Å². The van der Waals surface area contributed by atoms with Crippen molar-refractivity contribution in [3.05, 3.63) is 29.8 Å². The van der Waals surface area contributed by atoms with Crippen LogP contribution in [0.4, 0.5) is 5.69 Å². The van der Waals surface area contributed by atoms with Crippen LogP contribution in [0.25, 0.3) is 0 Å². The molecule has 0 heterocycles. The summed E-state index contributed by atoms with van der Waals surface area (Å²) in [5.74, 6) is 2.63. The van der Waals surface area contributed by atoms with Gasteiger partial charge in [-0.15, -0.1) is 0 Å². The highest BCUT2D eigenvalue weighted by Gasteiger charge is 2.54. The van der Waals surface area contributed by atoms with Crippen molar-refractivity contribution >= 4 is 5.69 Å². The van der Waals surface area contributed by atoms with Crippen LogP contribution in [0.5, 0.6) is 0 Å². The van der Waals surface area contributed by atoms with E-state index in [0.717, 1.165) is 29.0 Å². The van der Waals surface area contributed by atoms with E-state index in [1.165, 1.54) is 38.5 Å². The van der Waals surface area contributed by atoms with Crippen LogP contribution < -0.4 is 5.73 Å². The number of nitrogen functional groups attached to an aromatic ring is 1. The summed E-state index contributed by atoms with van der Waals surface area (Å²) in [6.45, 7) is 0. The third-order valence-corrected chi connectivity index (χ3v) is 5.89. The van der Waals surface area contributed by atoms with Gasteiger partial charge in [0.05, 0.1) is 6.10 Å². The standard InChI is InChI=1S/C17H23NO/c18-15-3-1-2-14(7-15)16(19)17-8-11-4-12(9-17)6-13(5-11)10-17/h1-3,7,11-13,16,19H,4-6,8-10,18H2. The van der Waals surface area contributed by atoms with Crippen molar-refractivity contribution in [1.29, 1.82) is 0 Å². The molecule has 0 spiro atoms. The molecule has 1 atom stereocenters. The van der Waals surface area contributed by atoms with Crippen LogP contribution in [-0.4, -0.2) is 5.11 Å². The average Bonchev–Trinajstić information content (AvgIpc) is 2.36. The molecule has 19 heavy (non-hydrogen) atoms. The van der Waals surface area contributed by atoms with E-state index >= 15 is 0 Å². The molecule has 4 bridgehead atoms. The van der Waals surface area contributed by atoms with Gasteiger partial charge in [-0.2, -0.15) is 0 Å².